The van der Waals surface area contributed by atoms with E-state index in [4.69, 9.17) is 9.47 Å². The summed E-state index contributed by atoms with van der Waals surface area (Å²) in [6.07, 6.45) is 0. The molecule has 0 spiro atoms. The van der Waals surface area contributed by atoms with Crippen LogP contribution in [0.2, 0.25) is 0 Å². The fraction of sp³-hybridized carbons (Fsp3) is 0.0526. The molecular formula is C19H15O2. The maximum atomic E-state index is 5.80. The second kappa shape index (κ2) is 6.14. The topological polar surface area (TPSA) is 18.5 Å². The molecular weight excluding hydrogens is 260 g/mol. The van der Waals surface area contributed by atoms with E-state index in [1.165, 1.54) is 0 Å². The Morgan fingerprint density at radius 3 is 1.52 bits per heavy atom. The molecule has 0 fully saturated rings. The fourth-order valence-corrected chi connectivity index (χ4v) is 1.99. The van der Waals surface area contributed by atoms with Gasteiger partial charge in [0.05, 0.1) is 6.07 Å². The van der Waals surface area contributed by atoms with E-state index in [1.54, 1.807) is 0 Å². The minimum Gasteiger partial charge on any atom is -0.457 e. The highest BCUT2D eigenvalue weighted by Gasteiger charge is 2.04. The van der Waals surface area contributed by atoms with Crippen molar-refractivity contribution in [2.24, 2.45) is 0 Å². The van der Waals surface area contributed by atoms with Gasteiger partial charge in [0.2, 0.25) is 0 Å². The van der Waals surface area contributed by atoms with Crippen LogP contribution in [0.15, 0.2) is 72.8 Å². The molecule has 3 aromatic rings. The lowest BCUT2D eigenvalue weighted by molar-refractivity contribution is 0.458. The van der Waals surface area contributed by atoms with Crippen LogP contribution in [0.3, 0.4) is 0 Å². The number of benzene rings is 3. The number of aryl methyl sites for hydroxylation is 1. The summed E-state index contributed by atoms with van der Waals surface area (Å²) in [5.74, 6) is 2.86. The summed E-state index contributed by atoms with van der Waals surface area (Å²) in [6.45, 7) is 2.00. The first-order valence-electron chi connectivity index (χ1n) is 6.79. The van der Waals surface area contributed by atoms with Crippen LogP contribution in [-0.2, 0) is 0 Å². The van der Waals surface area contributed by atoms with Crippen molar-refractivity contribution < 1.29 is 9.47 Å². The second-order valence-electron chi connectivity index (χ2n) is 4.72. The lowest BCUT2D eigenvalue weighted by Gasteiger charge is -2.10. The third-order valence-corrected chi connectivity index (χ3v) is 2.91. The Balaban J connectivity index is 1.83. The average Bonchev–Trinajstić information content (AvgIpc) is 2.48. The summed E-state index contributed by atoms with van der Waals surface area (Å²) in [7, 11) is 0. The number of ether oxygens (including phenoxy) is 2. The third kappa shape index (κ3) is 3.63. The summed E-state index contributed by atoms with van der Waals surface area (Å²) >= 11 is 0. The molecule has 0 amide bonds. The normalized spacial score (nSPS) is 10.1. The van der Waals surface area contributed by atoms with E-state index in [0.29, 0.717) is 11.5 Å². The van der Waals surface area contributed by atoms with Crippen LogP contribution in [0.1, 0.15) is 5.56 Å². The number of hydrogen-bond acceptors (Lipinski definition) is 2. The van der Waals surface area contributed by atoms with Crippen molar-refractivity contribution in [1.82, 2.24) is 0 Å². The molecule has 103 valence electrons. The largest absolute Gasteiger partial charge is 0.457 e. The van der Waals surface area contributed by atoms with Gasteiger partial charge in [-0.3, -0.25) is 0 Å². The minimum atomic E-state index is 0.645. The smallest absolute Gasteiger partial charge is 0.139 e. The lowest BCUT2D eigenvalue weighted by Crippen LogP contribution is -1.89. The van der Waals surface area contributed by atoms with E-state index in [1.807, 2.05) is 79.7 Å². The quantitative estimate of drug-likeness (QED) is 0.636. The van der Waals surface area contributed by atoms with Crippen LogP contribution in [0.4, 0.5) is 0 Å². The van der Waals surface area contributed by atoms with E-state index in [2.05, 4.69) is 6.07 Å². The first kappa shape index (κ1) is 13.3. The zero-order valence-electron chi connectivity index (χ0n) is 11.7. The molecule has 0 heterocycles. The van der Waals surface area contributed by atoms with Crippen molar-refractivity contribution >= 4 is 0 Å². The molecule has 0 aliphatic carbocycles. The summed E-state index contributed by atoms with van der Waals surface area (Å²) < 4.78 is 11.6. The first-order chi connectivity index (χ1) is 10.3. The van der Waals surface area contributed by atoms with Crippen LogP contribution in [0.25, 0.3) is 0 Å². The molecule has 3 aromatic carbocycles. The first-order valence-corrected chi connectivity index (χ1v) is 6.79. The Bertz CT molecular complexity index is 646. The zero-order chi connectivity index (χ0) is 14.5. The molecule has 0 bridgehead atoms. The summed E-state index contributed by atoms with van der Waals surface area (Å²) in [5.41, 5.74) is 1.06. The van der Waals surface area contributed by atoms with Crippen molar-refractivity contribution in [3.05, 3.63) is 84.4 Å². The van der Waals surface area contributed by atoms with Gasteiger partial charge in [-0.05, 0) is 48.9 Å². The van der Waals surface area contributed by atoms with E-state index in [0.717, 1.165) is 17.1 Å². The highest BCUT2D eigenvalue weighted by Crippen LogP contribution is 2.29. The Morgan fingerprint density at radius 2 is 1.10 bits per heavy atom. The lowest BCUT2D eigenvalue weighted by atomic mass is 10.2. The van der Waals surface area contributed by atoms with Gasteiger partial charge < -0.3 is 9.47 Å². The number of hydrogen-bond donors (Lipinski definition) is 0. The van der Waals surface area contributed by atoms with E-state index in [9.17, 15) is 0 Å². The minimum absolute atomic E-state index is 0.645. The van der Waals surface area contributed by atoms with Crippen molar-refractivity contribution in [2.75, 3.05) is 0 Å². The van der Waals surface area contributed by atoms with Gasteiger partial charge in [-0.2, -0.15) is 0 Å². The van der Waals surface area contributed by atoms with Crippen LogP contribution >= 0.6 is 0 Å². The van der Waals surface area contributed by atoms with Crippen molar-refractivity contribution in [1.29, 1.82) is 0 Å². The van der Waals surface area contributed by atoms with Gasteiger partial charge in [0.25, 0.3) is 0 Å². The monoisotopic (exact) mass is 275 g/mol. The molecule has 0 saturated heterocycles. The zero-order valence-corrected chi connectivity index (χ0v) is 11.7. The maximum Gasteiger partial charge on any atom is 0.139 e. The van der Waals surface area contributed by atoms with Gasteiger partial charge in [0.1, 0.15) is 23.0 Å². The third-order valence-electron chi connectivity index (χ3n) is 2.91. The Kier molecular flexibility index (Phi) is 3.88. The highest BCUT2D eigenvalue weighted by atomic mass is 16.5. The average molecular weight is 275 g/mol. The Morgan fingerprint density at radius 1 is 0.667 bits per heavy atom. The summed E-state index contributed by atoms with van der Waals surface area (Å²) in [4.78, 5) is 0. The molecule has 2 nitrogen and oxygen atoms in total. The Hall–Kier alpha value is -2.74. The molecule has 0 unspecified atom stereocenters. The molecule has 0 aliphatic rings. The number of para-hydroxylation sites is 2. The standard InChI is InChI=1S/C19H15O2/c1-15-12-18(20-16-8-4-2-5-9-16)14-19(13-15)21-17-10-6-3-7-11-17/h2-13H,1H3. The van der Waals surface area contributed by atoms with Crippen LogP contribution < -0.4 is 9.47 Å². The van der Waals surface area contributed by atoms with Crippen LogP contribution in [0, 0.1) is 13.0 Å². The van der Waals surface area contributed by atoms with Crippen LogP contribution in [0.5, 0.6) is 23.0 Å². The second-order valence-corrected chi connectivity index (χ2v) is 4.72. The van der Waals surface area contributed by atoms with E-state index >= 15 is 0 Å². The van der Waals surface area contributed by atoms with Crippen molar-refractivity contribution in [3.63, 3.8) is 0 Å². The molecule has 0 saturated carbocycles. The van der Waals surface area contributed by atoms with Gasteiger partial charge in [-0.25, -0.2) is 0 Å². The highest BCUT2D eigenvalue weighted by molar-refractivity contribution is 5.41. The predicted octanol–water partition coefficient (Wildman–Crippen LogP) is 5.38. The summed E-state index contributed by atoms with van der Waals surface area (Å²) in [5, 5.41) is 0. The Labute approximate surface area is 124 Å². The van der Waals surface area contributed by atoms with Crippen molar-refractivity contribution in [3.8, 4) is 23.0 Å². The van der Waals surface area contributed by atoms with Gasteiger partial charge in [0.15, 0.2) is 0 Å². The number of rotatable bonds is 4. The van der Waals surface area contributed by atoms with E-state index < -0.39 is 0 Å². The van der Waals surface area contributed by atoms with Crippen LogP contribution in [-0.4, -0.2) is 0 Å². The fourth-order valence-electron chi connectivity index (χ4n) is 1.99. The van der Waals surface area contributed by atoms with E-state index in [-0.39, 0.29) is 0 Å². The molecule has 21 heavy (non-hydrogen) atoms. The molecule has 3 rings (SSSR count). The molecule has 0 aliphatic heterocycles. The molecule has 1 radical (unpaired) electrons. The molecule has 0 N–H and O–H groups in total. The van der Waals surface area contributed by atoms with Gasteiger partial charge >= 0.3 is 0 Å². The molecule has 2 heteroatoms. The maximum absolute atomic E-state index is 5.80. The predicted molar refractivity (Wildman–Crippen MR) is 83.0 cm³/mol. The molecule has 0 aromatic heterocycles. The molecule has 0 atom stereocenters. The summed E-state index contributed by atoms with van der Waals surface area (Å²) in [6, 6.07) is 26.3. The van der Waals surface area contributed by atoms with Gasteiger partial charge in [0, 0.05) is 0 Å². The van der Waals surface area contributed by atoms with Crippen molar-refractivity contribution in [2.45, 2.75) is 6.92 Å². The van der Waals surface area contributed by atoms with Gasteiger partial charge in [-0.15, -0.1) is 0 Å². The SMILES string of the molecule is Cc1cc(Oc2ccccc2)[c]c(Oc2ccccc2)c1. The van der Waals surface area contributed by atoms with Gasteiger partial charge in [-0.1, -0.05) is 36.4 Å².